The molecule has 7 heteroatoms. The normalized spacial score (nSPS) is 13.6. The van der Waals surface area contributed by atoms with Gasteiger partial charge in [0.05, 0.1) is 25.2 Å². The Morgan fingerprint density at radius 3 is 2.15 bits per heavy atom. The minimum absolute atomic E-state index is 0. The molecule has 144 valence electrons. The number of carbonyl (C=O) groups excluding carboxylic acids is 2. The van der Waals surface area contributed by atoms with Gasteiger partial charge in [0.15, 0.2) is 0 Å². The largest absolute Gasteiger partial charge is 0.423 e. The van der Waals surface area contributed by atoms with Gasteiger partial charge in [0, 0.05) is 19.6 Å². The summed E-state index contributed by atoms with van der Waals surface area (Å²) in [6.07, 6.45) is 0.328. The van der Waals surface area contributed by atoms with Crippen LogP contribution in [-0.4, -0.2) is 43.1 Å². The second-order valence-corrected chi connectivity index (χ2v) is 6.10. The van der Waals surface area contributed by atoms with E-state index in [0.29, 0.717) is 50.6 Å². The Morgan fingerprint density at radius 1 is 0.963 bits per heavy atom. The van der Waals surface area contributed by atoms with Gasteiger partial charge in [-0.05, 0) is 35.4 Å². The number of halogens is 1. The first-order chi connectivity index (χ1) is 12.7. The van der Waals surface area contributed by atoms with E-state index in [0.717, 1.165) is 11.1 Å². The molecule has 0 aromatic heterocycles. The van der Waals surface area contributed by atoms with Crippen LogP contribution in [0, 0.1) is 0 Å². The van der Waals surface area contributed by atoms with Gasteiger partial charge in [-0.2, -0.15) is 0 Å². The van der Waals surface area contributed by atoms with Crippen molar-refractivity contribution in [1.82, 2.24) is 4.90 Å². The maximum atomic E-state index is 12.2. The predicted molar refractivity (Wildman–Crippen MR) is 104 cm³/mol. The highest BCUT2D eigenvalue weighted by Gasteiger charge is 2.17. The van der Waals surface area contributed by atoms with Crippen LogP contribution in [0.5, 0.6) is 5.75 Å². The summed E-state index contributed by atoms with van der Waals surface area (Å²) in [4.78, 5) is 26.2. The van der Waals surface area contributed by atoms with Crippen LogP contribution in [0.15, 0.2) is 48.5 Å². The summed E-state index contributed by atoms with van der Waals surface area (Å²) < 4.78 is 10.6. The van der Waals surface area contributed by atoms with Crippen LogP contribution in [-0.2, 0) is 22.5 Å². The number of rotatable bonds is 5. The van der Waals surface area contributed by atoms with Gasteiger partial charge < -0.3 is 20.1 Å². The highest BCUT2D eigenvalue weighted by molar-refractivity contribution is 5.91. The molecule has 1 saturated heterocycles. The topological polar surface area (TPSA) is 81.9 Å². The molecule has 2 aromatic carbocycles. The van der Waals surface area contributed by atoms with E-state index < -0.39 is 5.97 Å². The van der Waals surface area contributed by atoms with Crippen molar-refractivity contribution in [2.24, 2.45) is 5.73 Å². The summed E-state index contributed by atoms with van der Waals surface area (Å²) in [6, 6.07) is 14.0. The van der Waals surface area contributed by atoms with Gasteiger partial charge in [0.1, 0.15) is 5.75 Å². The van der Waals surface area contributed by atoms with Gasteiger partial charge in [0.2, 0.25) is 5.91 Å². The summed E-state index contributed by atoms with van der Waals surface area (Å²) in [5.41, 5.74) is 7.85. The highest BCUT2D eigenvalue weighted by Crippen LogP contribution is 2.16. The lowest BCUT2D eigenvalue weighted by molar-refractivity contribution is -0.134. The van der Waals surface area contributed by atoms with Crippen LogP contribution in [0.25, 0.3) is 0 Å². The van der Waals surface area contributed by atoms with E-state index in [1.165, 1.54) is 0 Å². The van der Waals surface area contributed by atoms with Crippen LogP contribution in [0.4, 0.5) is 0 Å². The number of benzene rings is 2. The Hall–Kier alpha value is -2.41. The molecule has 1 aliphatic rings. The molecule has 0 spiro atoms. The van der Waals surface area contributed by atoms with Crippen molar-refractivity contribution in [3.8, 4) is 5.75 Å². The molecule has 3 rings (SSSR count). The summed E-state index contributed by atoms with van der Waals surface area (Å²) >= 11 is 0. The fraction of sp³-hybridized carbons (Fsp3) is 0.300. The average molecular weight is 391 g/mol. The molecule has 2 aromatic rings. The molecule has 27 heavy (non-hydrogen) atoms. The molecule has 1 fully saturated rings. The van der Waals surface area contributed by atoms with E-state index in [4.69, 9.17) is 15.2 Å². The quantitative estimate of drug-likeness (QED) is 0.625. The molecule has 0 aliphatic carbocycles. The Balaban J connectivity index is 0.00000261. The second kappa shape index (κ2) is 10.1. The number of morpholine rings is 1. The van der Waals surface area contributed by atoms with E-state index >= 15 is 0 Å². The third-order valence-electron chi connectivity index (χ3n) is 4.28. The highest BCUT2D eigenvalue weighted by atomic mass is 35.5. The Bertz CT molecular complexity index is 757. The minimum atomic E-state index is -0.425. The van der Waals surface area contributed by atoms with Crippen LogP contribution < -0.4 is 10.5 Å². The lowest BCUT2D eigenvalue weighted by atomic mass is 10.1. The minimum Gasteiger partial charge on any atom is -0.423 e. The fourth-order valence-electron chi connectivity index (χ4n) is 2.72. The standard InChI is InChI=1S/C20H22N2O4.ClH/c21-14-16-1-5-17(6-2-16)20(24)26-18-7-3-15(4-8-18)13-19(23)22-9-11-25-12-10-22;/h1-8H,9-14,21H2;1H. The van der Waals surface area contributed by atoms with Crippen LogP contribution in [0.3, 0.4) is 0 Å². The third kappa shape index (κ3) is 5.79. The van der Waals surface area contributed by atoms with Gasteiger partial charge in [0.25, 0.3) is 0 Å². The van der Waals surface area contributed by atoms with Crippen molar-refractivity contribution in [2.75, 3.05) is 26.3 Å². The first-order valence-electron chi connectivity index (χ1n) is 8.61. The molecule has 2 N–H and O–H groups in total. The number of esters is 1. The lowest BCUT2D eigenvalue weighted by Crippen LogP contribution is -2.41. The van der Waals surface area contributed by atoms with Crippen molar-refractivity contribution in [2.45, 2.75) is 13.0 Å². The Morgan fingerprint density at radius 2 is 1.56 bits per heavy atom. The van der Waals surface area contributed by atoms with Gasteiger partial charge in [-0.1, -0.05) is 24.3 Å². The summed E-state index contributed by atoms with van der Waals surface area (Å²) in [5.74, 6) is 0.101. The van der Waals surface area contributed by atoms with Crippen LogP contribution in [0.1, 0.15) is 21.5 Å². The van der Waals surface area contributed by atoms with E-state index in [1.54, 1.807) is 48.5 Å². The maximum Gasteiger partial charge on any atom is 0.343 e. The summed E-state index contributed by atoms with van der Waals surface area (Å²) in [5, 5.41) is 0. The number of hydrogen-bond acceptors (Lipinski definition) is 5. The number of amides is 1. The Labute approximate surface area is 164 Å². The molecule has 0 unspecified atom stereocenters. The third-order valence-corrected chi connectivity index (χ3v) is 4.28. The molecular formula is C20H23ClN2O4. The second-order valence-electron chi connectivity index (χ2n) is 6.10. The van der Waals surface area contributed by atoms with Crippen molar-refractivity contribution < 1.29 is 19.1 Å². The monoisotopic (exact) mass is 390 g/mol. The van der Waals surface area contributed by atoms with Crippen molar-refractivity contribution >= 4 is 24.3 Å². The van der Waals surface area contributed by atoms with Crippen molar-refractivity contribution in [3.63, 3.8) is 0 Å². The van der Waals surface area contributed by atoms with Crippen molar-refractivity contribution in [3.05, 3.63) is 65.2 Å². The maximum absolute atomic E-state index is 12.2. The molecule has 1 aliphatic heterocycles. The SMILES string of the molecule is Cl.NCc1ccc(C(=O)Oc2ccc(CC(=O)N3CCOCC3)cc2)cc1. The molecule has 1 amide bonds. The van der Waals surface area contributed by atoms with Crippen molar-refractivity contribution in [1.29, 1.82) is 0 Å². The Kier molecular flexibility index (Phi) is 7.79. The first-order valence-corrected chi connectivity index (χ1v) is 8.61. The number of ether oxygens (including phenoxy) is 2. The summed E-state index contributed by atoms with van der Waals surface area (Å²) in [6.45, 7) is 2.88. The van der Waals surface area contributed by atoms with Crippen LogP contribution in [0.2, 0.25) is 0 Å². The lowest BCUT2D eigenvalue weighted by Gasteiger charge is -2.26. The number of nitrogens with two attached hydrogens (primary N) is 1. The first kappa shape index (κ1) is 20.9. The molecule has 6 nitrogen and oxygen atoms in total. The number of carbonyl (C=O) groups is 2. The van der Waals surface area contributed by atoms with E-state index in [9.17, 15) is 9.59 Å². The van der Waals surface area contributed by atoms with E-state index in [-0.39, 0.29) is 18.3 Å². The molecule has 1 heterocycles. The zero-order valence-electron chi connectivity index (χ0n) is 14.9. The molecule has 0 saturated carbocycles. The van der Waals surface area contributed by atoms with E-state index in [2.05, 4.69) is 0 Å². The van der Waals surface area contributed by atoms with Gasteiger partial charge >= 0.3 is 5.97 Å². The number of nitrogens with zero attached hydrogens (tertiary/aromatic N) is 1. The predicted octanol–water partition coefficient (Wildman–Crippen LogP) is 2.19. The fourth-order valence-corrected chi connectivity index (χ4v) is 2.72. The molecule has 0 radical (unpaired) electrons. The van der Waals surface area contributed by atoms with E-state index in [1.807, 2.05) is 4.90 Å². The zero-order valence-corrected chi connectivity index (χ0v) is 15.7. The molecule has 0 bridgehead atoms. The van der Waals surface area contributed by atoms with Crippen LogP contribution >= 0.6 is 12.4 Å². The molecule has 0 atom stereocenters. The number of hydrogen-bond donors (Lipinski definition) is 1. The summed E-state index contributed by atoms with van der Waals surface area (Å²) in [7, 11) is 0. The van der Waals surface area contributed by atoms with Gasteiger partial charge in [-0.3, -0.25) is 4.79 Å². The average Bonchev–Trinajstić information content (AvgIpc) is 2.70. The van der Waals surface area contributed by atoms with Gasteiger partial charge in [-0.25, -0.2) is 4.79 Å². The smallest absolute Gasteiger partial charge is 0.343 e. The zero-order chi connectivity index (χ0) is 18.4. The van der Waals surface area contributed by atoms with Gasteiger partial charge in [-0.15, -0.1) is 12.4 Å². The molecular weight excluding hydrogens is 368 g/mol.